The SMILES string of the molecule is CC(C)c1cccc(C(C)C)c1NC(=O)c1ccc(OCC(=O)Nc2cccc(C(F)(F)F)c2)cc1. The van der Waals surface area contributed by atoms with Gasteiger partial charge in [-0.3, -0.25) is 9.59 Å². The molecule has 190 valence electrons. The maximum absolute atomic E-state index is 12.9. The molecule has 0 atom stereocenters. The van der Waals surface area contributed by atoms with Crippen molar-refractivity contribution in [1.82, 2.24) is 0 Å². The van der Waals surface area contributed by atoms with Gasteiger partial charge in [-0.2, -0.15) is 13.2 Å². The second-order valence-corrected chi connectivity index (χ2v) is 9.01. The van der Waals surface area contributed by atoms with Crippen LogP contribution in [0.3, 0.4) is 0 Å². The number of halogens is 3. The number of ether oxygens (including phenoxy) is 1. The second kappa shape index (κ2) is 11.3. The summed E-state index contributed by atoms with van der Waals surface area (Å²) in [5.74, 6) is -0.0635. The zero-order valence-electron chi connectivity index (χ0n) is 20.6. The summed E-state index contributed by atoms with van der Waals surface area (Å²) in [7, 11) is 0. The normalized spacial score (nSPS) is 11.5. The highest BCUT2D eigenvalue weighted by Crippen LogP contribution is 2.33. The first-order chi connectivity index (χ1) is 17.0. The summed E-state index contributed by atoms with van der Waals surface area (Å²) in [4.78, 5) is 25.1. The molecule has 8 heteroatoms. The van der Waals surface area contributed by atoms with Gasteiger partial charge >= 0.3 is 6.18 Å². The molecule has 0 spiro atoms. The number of hydrogen-bond acceptors (Lipinski definition) is 3. The van der Waals surface area contributed by atoms with Crippen molar-refractivity contribution >= 4 is 23.2 Å². The minimum absolute atomic E-state index is 0.0212. The minimum Gasteiger partial charge on any atom is -0.484 e. The molecular formula is C28H29F3N2O3. The molecule has 0 aliphatic rings. The van der Waals surface area contributed by atoms with Crippen LogP contribution in [0.4, 0.5) is 24.5 Å². The molecule has 0 aliphatic heterocycles. The Morgan fingerprint density at radius 2 is 1.42 bits per heavy atom. The molecule has 0 bridgehead atoms. The summed E-state index contributed by atoms with van der Waals surface area (Å²) in [5, 5.41) is 5.43. The summed E-state index contributed by atoms with van der Waals surface area (Å²) in [6.07, 6.45) is -4.50. The van der Waals surface area contributed by atoms with Gasteiger partial charge in [-0.05, 0) is 65.4 Å². The predicted molar refractivity (Wildman–Crippen MR) is 135 cm³/mol. The number of nitrogens with one attached hydrogen (secondary N) is 2. The van der Waals surface area contributed by atoms with Crippen LogP contribution >= 0.6 is 0 Å². The van der Waals surface area contributed by atoms with E-state index in [4.69, 9.17) is 4.74 Å². The Kier molecular flexibility index (Phi) is 8.40. The van der Waals surface area contributed by atoms with Gasteiger partial charge in [0.1, 0.15) is 5.75 Å². The van der Waals surface area contributed by atoms with Crippen LogP contribution < -0.4 is 15.4 Å². The van der Waals surface area contributed by atoms with Crippen molar-refractivity contribution < 1.29 is 27.5 Å². The molecule has 0 unspecified atom stereocenters. The van der Waals surface area contributed by atoms with Crippen molar-refractivity contribution in [3.05, 3.63) is 89.0 Å². The number of hydrogen-bond donors (Lipinski definition) is 2. The second-order valence-electron chi connectivity index (χ2n) is 9.01. The van der Waals surface area contributed by atoms with E-state index in [9.17, 15) is 22.8 Å². The van der Waals surface area contributed by atoms with Crippen LogP contribution in [0.2, 0.25) is 0 Å². The zero-order chi connectivity index (χ0) is 26.5. The van der Waals surface area contributed by atoms with Crippen LogP contribution in [0.5, 0.6) is 5.75 Å². The average Bonchev–Trinajstić information content (AvgIpc) is 2.82. The Morgan fingerprint density at radius 1 is 0.833 bits per heavy atom. The standard InChI is InChI=1S/C28H29F3N2O3/c1-17(2)23-9-6-10-24(18(3)4)26(23)33-27(35)19-11-13-22(14-12-19)36-16-25(34)32-21-8-5-7-20(15-21)28(29,30)31/h5-15,17-18H,16H2,1-4H3,(H,32,34)(H,33,35). The van der Waals surface area contributed by atoms with Gasteiger partial charge in [-0.25, -0.2) is 0 Å². The number of alkyl halides is 3. The van der Waals surface area contributed by atoms with Crippen molar-refractivity contribution in [2.75, 3.05) is 17.2 Å². The van der Waals surface area contributed by atoms with Crippen LogP contribution in [0.1, 0.15) is 66.6 Å². The average molecular weight is 499 g/mol. The molecule has 2 amide bonds. The van der Waals surface area contributed by atoms with E-state index in [-0.39, 0.29) is 23.4 Å². The molecule has 0 heterocycles. The molecule has 3 aromatic rings. The first-order valence-corrected chi connectivity index (χ1v) is 11.6. The van der Waals surface area contributed by atoms with Gasteiger partial charge in [-0.1, -0.05) is 52.0 Å². The van der Waals surface area contributed by atoms with Crippen molar-refractivity contribution in [3.63, 3.8) is 0 Å². The molecular weight excluding hydrogens is 469 g/mol. The monoisotopic (exact) mass is 498 g/mol. The summed E-state index contributed by atoms with van der Waals surface area (Å²) in [6, 6.07) is 16.7. The zero-order valence-corrected chi connectivity index (χ0v) is 20.6. The maximum atomic E-state index is 12.9. The predicted octanol–water partition coefficient (Wildman–Crippen LogP) is 7.22. The molecule has 0 aromatic heterocycles. The van der Waals surface area contributed by atoms with Gasteiger partial charge in [0.15, 0.2) is 6.61 Å². The molecule has 5 nitrogen and oxygen atoms in total. The number of amides is 2. The molecule has 36 heavy (non-hydrogen) atoms. The minimum atomic E-state index is -4.50. The van der Waals surface area contributed by atoms with Crippen LogP contribution in [0.15, 0.2) is 66.7 Å². The van der Waals surface area contributed by atoms with Crippen LogP contribution in [0.25, 0.3) is 0 Å². The fourth-order valence-corrected chi connectivity index (χ4v) is 3.70. The lowest BCUT2D eigenvalue weighted by molar-refractivity contribution is -0.137. The van der Waals surface area contributed by atoms with Crippen molar-refractivity contribution in [3.8, 4) is 5.75 Å². The molecule has 3 rings (SSSR count). The molecule has 0 fully saturated rings. The van der Waals surface area contributed by atoms with Gasteiger partial charge in [0.05, 0.1) is 5.56 Å². The number of para-hydroxylation sites is 1. The smallest absolute Gasteiger partial charge is 0.416 e. The van der Waals surface area contributed by atoms with E-state index >= 15 is 0 Å². The third-order valence-corrected chi connectivity index (χ3v) is 5.57. The Hall–Kier alpha value is -3.81. The van der Waals surface area contributed by atoms with E-state index in [0.717, 1.165) is 28.9 Å². The van der Waals surface area contributed by atoms with E-state index in [0.29, 0.717) is 11.3 Å². The Bertz CT molecular complexity index is 1190. The Labute approximate surface area is 208 Å². The molecule has 3 aromatic carbocycles. The van der Waals surface area contributed by atoms with E-state index < -0.39 is 24.3 Å². The largest absolute Gasteiger partial charge is 0.484 e. The molecule has 0 aliphatic carbocycles. The molecule has 0 saturated carbocycles. The topological polar surface area (TPSA) is 67.4 Å². The summed E-state index contributed by atoms with van der Waals surface area (Å²) >= 11 is 0. The summed E-state index contributed by atoms with van der Waals surface area (Å²) in [6.45, 7) is 7.89. The first-order valence-electron chi connectivity index (χ1n) is 11.6. The van der Waals surface area contributed by atoms with Crippen molar-refractivity contribution in [2.24, 2.45) is 0 Å². The number of carbonyl (C=O) groups is 2. The first kappa shape index (κ1) is 26.8. The van der Waals surface area contributed by atoms with Crippen LogP contribution in [0, 0.1) is 0 Å². The highest BCUT2D eigenvalue weighted by atomic mass is 19.4. The van der Waals surface area contributed by atoms with E-state index in [1.807, 2.05) is 18.2 Å². The summed E-state index contributed by atoms with van der Waals surface area (Å²) in [5.41, 5.74) is 2.52. The van der Waals surface area contributed by atoms with Crippen LogP contribution in [-0.2, 0) is 11.0 Å². The van der Waals surface area contributed by atoms with Gasteiger partial charge in [0, 0.05) is 16.9 Å². The lowest BCUT2D eigenvalue weighted by Gasteiger charge is -2.20. The van der Waals surface area contributed by atoms with Crippen molar-refractivity contribution in [2.45, 2.75) is 45.7 Å². The van der Waals surface area contributed by atoms with Gasteiger partial charge in [0.2, 0.25) is 0 Å². The fraction of sp³-hybridized carbons (Fsp3) is 0.286. The number of rotatable bonds is 8. The lowest BCUT2D eigenvalue weighted by atomic mass is 9.92. The van der Waals surface area contributed by atoms with E-state index in [2.05, 4.69) is 38.3 Å². The highest BCUT2D eigenvalue weighted by Gasteiger charge is 2.30. The van der Waals surface area contributed by atoms with Gasteiger partial charge in [0.25, 0.3) is 11.8 Å². The van der Waals surface area contributed by atoms with E-state index in [1.165, 1.54) is 12.1 Å². The number of benzene rings is 3. The van der Waals surface area contributed by atoms with Gasteiger partial charge in [-0.15, -0.1) is 0 Å². The number of anilines is 2. The fourth-order valence-electron chi connectivity index (χ4n) is 3.70. The van der Waals surface area contributed by atoms with E-state index in [1.54, 1.807) is 24.3 Å². The molecule has 0 saturated heterocycles. The quantitative estimate of drug-likeness (QED) is 0.345. The third-order valence-electron chi connectivity index (χ3n) is 5.57. The Morgan fingerprint density at radius 3 is 1.97 bits per heavy atom. The summed E-state index contributed by atoms with van der Waals surface area (Å²) < 4.78 is 43.9. The Balaban J connectivity index is 1.62. The van der Waals surface area contributed by atoms with Crippen LogP contribution in [-0.4, -0.2) is 18.4 Å². The number of carbonyl (C=O) groups excluding carboxylic acids is 2. The molecule has 2 N–H and O–H groups in total. The molecule has 0 radical (unpaired) electrons. The highest BCUT2D eigenvalue weighted by molar-refractivity contribution is 6.05. The maximum Gasteiger partial charge on any atom is 0.416 e. The third kappa shape index (κ3) is 6.87. The lowest BCUT2D eigenvalue weighted by Crippen LogP contribution is -2.20. The van der Waals surface area contributed by atoms with Gasteiger partial charge < -0.3 is 15.4 Å². The van der Waals surface area contributed by atoms with Crippen molar-refractivity contribution in [1.29, 1.82) is 0 Å².